The number of esters is 1. The summed E-state index contributed by atoms with van der Waals surface area (Å²) in [6, 6.07) is 8.67. The molecule has 1 saturated heterocycles. The molecule has 0 spiro atoms. The van der Waals surface area contributed by atoms with Crippen LogP contribution in [0.5, 0.6) is 0 Å². The highest BCUT2D eigenvalue weighted by Crippen LogP contribution is 2.51. The standard InChI is InChI=1S/C30H47N3O4S/c1-12-37-28(36)20(4)18-22(19(2)3)32(10)26(35)23(29(5,6)7)31-25(34)24-30(8,9)38-27(33(24)11)21-16-14-13-15-17-21/h13-19,22-24,27H,12H2,1-11H3,(H,31,34)/b20-18+/t22-,23?,24+,27-/m1/s1. The number of carbonyl (C=O) groups is 3. The Morgan fingerprint density at radius 3 is 2.26 bits per heavy atom. The van der Waals surface area contributed by atoms with E-state index in [1.54, 1.807) is 43.6 Å². The number of hydrogen-bond acceptors (Lipinski definition) is 6. The van der Waals surface area contributed by atoms with Gasteiger partial charge in [0.05, 0.1) is 18.0 Å². The number of ether oxygens (including phenoxy) is 1. The van der Waals surface area contributed by atoms with Gasteiger partial charge in [-0.05, 0) is 51.6 Å². The molecule has 1 aliphatic rings. The minimum Gasteiger partial charge on any atom is -0.463 e. The summed E-state index contributed by atoms with van der Waals surface area (Å²) in [6.07, 6.45) is 1.79. The van der Waals surface area contributed by atoms with Crippen molar-refractivity contribution in [1.82, 2.24) is 15.1 Å². The van der Waals surface area contributed by atoms with Crippen molar-refractivity contribution in [2.24, 2.45) is 11.3 Å². The second-order valence-electron chi connectivity index (χ2n) is 12.1. The highest BCUT2D eigenvalue weighted by atomic mass is 32.2. The minimum atomic E-state index is -0.748. The maximum Gasteiger partial charge on any atom is 0.333 e. The highest BCUT2D eigenvalue weighted by Gasteiger charge is 2.51. The van der Waals surface area contributed by atoms with Crippen LogP contribution in [0.1, 0.15) is 73.3 Å². The molecule has 7 nitrogen and oxygen atoms in total. The second kappa shape index (κ2) is 12.7. The Morgan fingerprint density at radius 2 is 1.76 bits per heavy atom. The molecule has 38 heavy (non-hydrogen) atoms. The van der Waals surface area contributed by atoms with E-state index in [0.717, 1.165) is 5.56 Å². The van der Waals surface area contributed by atoms with Crippen LogP contribution >= 0.6 is 11.8 Å². The second-order valence-corrected chi connectivity index (χ2v) is 13.8. The van der Waals surface area contributed by atoms with Gasteiger partial charge in [-0.15, -0.1) is 11.8 Å². The van der Waals surface area contributed by atoms with E-state index in [1.165, 1.54) is 0 Å². The molecule has 1 unspecified atom stereocenters. The predicted molar refractivity (Wildman–Crippen MR) is 156 cm³/mol. The molecule has 2 amide bonds. The molecular formula is C30H47N3O4S. The summed E-state index contributed by atoms with van der Waals surface area (Å²) in [4.78, 5) is 43.8. The molecule has 1 fully saturated rings. The average Bonchev–Trinajstić information content (AvgIpc) is 3.07. The maximum atomic E-state index is 13.9. The molecule has 0 aromatic heterocycles. The van der Waals surface area contributed by atoms with E-state index >= 15 is 0 Å². The smallest absolute Gasteiger partial charge is 0.333 e. The Bertz CT molecular complexity index is 1020. The molecule has 1 aromatic carbocycles. The van der Waals surface area contributed by atoms with Gasteiger partial charge in [0.25, 0.3) is 0 Å². The normalized spacial score (nSPS) is 21.6. The summed E-state index contributed by atoms with van der Waals surface area (Å²) >= 11 is 1.76. The lowest BCUT2D eigenvalue weighted by Crippen LogP contribution is -2.60. The van der Waals surface area contributed by atoms with Gasteiger partial charge in [-0.1, -0.05) is 71.0 Å². The summed E-state index contributed by atoms with van der Waals surface area (Å²) < 4.78 is 4.77. The van der Waals surface area contributed by atoms with Gasteiger partial charge in [0.1, 0.15) is 12.1 Å². The third-order valence-electron chi connectivity index (χ3n) is 7.08. The highest BCUT2D eigenvalue weighted by molar-refractivity contribution is 8.01. The Balaban J connectivity index is 2.33. The van der Waals surface area contributed by atoms with Crippen molar-refractivity contribution in [3.63, 3.8) is 0 Å². The van der Waals surface area contributed by atoms with Crippen LogP contribution in [0, 0.1) is 11.3 Å². The first-order chi connectivity index (χ1) is 17.5. The first-order valence-corrected chi connectivity index (χ1v) is 14.3. The predicted octanol–water partition coefficient (Wildman–Crippen LogP) is 5.03. The molecule has 1 aromatic rings. The number of likely N-dealkylation sites (N-methyl/N-ethyl adjacent to an activating group) is 2. The van der Waals surface area contributed by atoms with Crippen molar-refractivity contribution in [3.05, 3.63) is 47.5 Å². The maximum absolute atomic E-state index is 13.9. The van der Waals surface area contributed by atoms with Crippen LogP contribution in [-0.2, 0) is 19.1 Å². The van der Waals surface area contributed by atoms with E-state index in [9.17, 15) is 14.4 Å². The molecule has 1 aliphatic heterocycles. The summed E-state index contributed by atoms with van der Waals surface area (Å²) in [5, 5.41) is 3.17. The van der Waals surface area contributed by atoms with E-state index in [4.69, 9.17) is 4.74 Å². The molecule has 212 valence electrons. The Morgan fingerprint density at radius 1 is 1.18 bits per heavy atom. The lowest BCUT2D eigenvalue weighted by molar-refractivity contribution is -0.141. The van der Waals surface area contributed by atoms with Gasteiger partial charge in [0.15, 0.2) is 0 Å². The first kappa shape index (κ1) is 31.9. The molecule has 0 saturated carbocycles. The monoisotopic (exact) mass is 545 g/mol. The third-order valence-corrected chi connectivity index (χ3v) is 8.74. The number of hydrogen-bond donors (Lipinski definition) is 1. The first-order valence-electron chi connectivity index (χ1n) is 13.4. The van der Waals surface area contributed by atoms with Crippen molar-refractivity contribution >= 4 is 29.5 Å². The Hall–Kier alpha value is -2.32. The number of benzene rings is 1. The van der Waals surface area contributed by atoms with Crippen LogP contribution in [-0.4, -0.2) is 71.2 Å². The minimum absolute atomic E-state index is 0.0368. The van der Waals surface area contributed by atoms with Crippen LogP contribution in [0.4, 0.5) is 0 Å². The van der Waals surface area contributed by atoms with Gasteiger partial charge in [-0.3, -0.25) is 14.5 Å². The number of rotatable bonds is 9. The van der Waals surface area contributed by atoms with E-state index in [0.29, 0.717) is 12.2 Å². The topological polar surface area (TPSA) is 79.0 Å². The fraction of sp³-hybridized carbons (Fsp3) is 0.633. The summed E-state index contributed by atoms with van der Waals surface area (Å²) in [5.41, 5.74) is 1.07. The molecule has 4 atom stereocenters. The summed E-state index contributed by atoms with van der Waals surface area (Å²) in [5.74, 6) is -0.697. The lowest BCUT2D eigenvalue weighted by atomic mass is 9.84. The Kier molecular flexibility index (Phi) is 10.7. The number of nitrogens with zero attached hydrogens (tertiary/aromatic N) is 2. The molecule has 8 heteroatoms. The van der Waals surface area contributed by atoms with Gasteiger partial charge in [0.2, 0.25) is 11.8 Å². The van der Waals surface area contributed by atoms with Crippen molar-refractivity contribution in [1.29, 1.82) is 0 Å². The zero-order valence-corrected chi connectivity index (χ0v) is 25.8. The fourth-order valence-corrected chi connectivity index (χ4v) is 6.58. The molecule has 2 rings (SSSR count). The van der Waals surface area contributed by atoms with Gasteiger partial charge in [-0.2, -0.15) is 0 Å². The van der Waals surface area contributed by atoms with Crippen LogP contribution in [0.3, 0.4) is 0 Å². The number of thioether (sulfide) groups is 1. The van der Waals surface area contributed by atoms with Crippen LogP contribution in [0.15, 0.2) is 42.0 Å². The lowest BCUT2D eigenvalue weighted by Gasteiger charge is -2.39. The molecule has 0 radical (unpaired) electrons. The van der Waals surface area contributed by atoms with Crippen LogP contribution in [0.2, 0.25) is 0 Å². The zero-order valence-electron chi connectivity index (χ0n) is 25.0. The zero-order chi connectivity index (χ0) is 29.0. The number of amides is 2. The van der Waals surface area contributed by atoms with Crippen LogP contribution in [0.25, 0.3) is 0 Å². The Labute approximate surface area is 233 Å². The van der Waals surface area contributed by atoms with Gasteiger partial charge >= 0.3 is 5.97 Å². The van der Waals surface area contributed by atoms with E-state index < -0.39 is 23.5 Å². The van der Waals surface area contributed by atoms with Crippen molar-refractivity contribution < 1.29 is 19.1 Å². The van der Waals surface area contributed by atoms with Crippen molar-refractivity contribution in [2.45, 2.75) is 90.6 Å². The average molecular weight is 546 g/mol. The quantitative estimate of drug-likeness (QED) is 0.346. The van der Waals surface area contributed by atoms with Gasteiger partial charge in [-0.25, -0.2) is 4.79 Å². The largest absolute Gasteiger partial charge is 0.463 e. The summed E-state index contributed by atoms with van der Waals surface area (Å²) in [7, 11) is 3.71. The van der Waals surface area contributed by atoms with E-state index in [2.05, 4.69) is 36.2 Å². The summed E-state index contributed by atoms with van der Waals surface area (Å²) in [6.45, 7) is 17.8. The van der Waals surface area contributed by atoms with Gasteiger partial charge in [0, 0.05) is 17.4 Å². The number of nitrogens with one attached hydrogen (secondary N) is 1. The van der Waals surface area contributed by atoms with Crippen molar-refractivity contribution in [2.75, 3.05) is 20.7 Å². The third kappa shape index (κ3) is 7.41. The van der Waals surface area contributed by atoms with Gasteiger partial charge < -0.3 is 15.0 Å². The SMILES string of the molecule is CCOC(=O)/C(C)=C/[C@H](C(C)C)N(C)C(=O)C(NC(=O)[C@@H]1N(C)[C@@H](c2ccccc2)SC1(C)C)C(C)(C)C. The number of carbonyl (C=O) groups excluding carboxylic acids is 3. The molecule has 0 aliphatic carbocycles. The van der Waals surface area contributed by atoms with Crippen LogP contribution < -0.4 is 5.32 Å². The molecular weight excluding hydrogens is 498 g/mol. The molecule has 1 N–H and O–H groups in total. The molecule has 0 bridgehead atoms. The van der Waals surface area contributed by atoms with E-state index in [-0.39, 0.29) is 33.9 Å². The van der Waals surface area contributed by atoms with Crippen molar-refractivity contribution in [3.8, 4) is 0 Å². The fourth-order valence-electron chi connectivity index (χ4n) is 5.02. The van der Waals surface area contributed by atoms with E-state index in [1.807, 2.05) is 59.9 Å². The molecule has 1 heterocycles.